The summed E-state index contributed by atoms with van der Waals surface area (Å²) in [6.07, 6.45) is 7.59. The lowest BCUT2D eigenvalue weighted by Gasteiger charge is -2.34. The minimum Gasteiger partial charge on any atom is -0.303 e. The van der Waals surface area contributed by atoms with Gasteiger partial charge in [-0.25, -0.2) is 0 Å². The maximum atomic E-state index is 11.1. The van der Waals surface area contributed by atoms with E-state index in [-0.39, 0.29) is 5.41 Å². The summed E-state index contributed by atoms with van der Waals surface area (Å²) in [6.45, 7) is 4.14. The molecular weight excluding hydrogens is 172 g/mol. The first-order valence-electron chi connectivity index (χ1n) is 5.58. The fraction of sp³-hybridized carbons (Fsp3) is 0.769. The molecule has 78 valence electrons. The zero-order chi connectivity index (χ0) is 10.4. The minimum absolute atomic E-state index is 0.0314. The van der Waals surface area contributed by atoms with Crippen LogP contribution < -0.4 is 0 Å². The van der Waals surface area contributed by atoms with Crippen LogP contribution in [-0.2, 0) is 4.79 Å². The lowest BCUT2D eigenvalue weighted by Crippen LogP contribution is -2.28. The van der Waals surface area contributed by atoms with E-state index < -0.39 is 0 Å². The summed E-state index contributed by atoms with van der Waals surface area (Å²) in [7, 11) is 0. The van der Waals surface area contributed by atoms with Crippen LogP contribution in [0.15, 0.2) is 0 Å². The van der Waals surface area contributed by atoms with E-state index in [0.717, 1.165) is 31.6 Å². The number of rotatable bonds is 3. The highest BCUT2D eigenvalue weighted by atomic mass is 16.1. The van der Waals surface area contributed by atoms with Crippen molar-refractivity contribution in [3.05, 3.63) is 0 Å². The molecular formula is C13H20O. The molecule has 0 radical (unpaired) electrons. The molecule has 0 bridgehead atoms. The molecule has 0 aromatic rings. The highest BCUT2D eigenvalue weighted by Crippen LogP contribution is 2.40. The second kappa shape index (κ2) is 5.20. The van der Waals surface area contributed by atoms with E-state index >= 15 is 0 Å². The van der Waals surface area contributed by atoms with E-state index in [1.54, 1.807) is 0 Å². The molecule has 0 saturated heterocycles. The molecule has 0 spiro atoms. The van der Waals surface area contributed by atoms with Crippen molar-refractivity contribution in [2.75, 3.05) is 0 Å². The van der Waals surface area contributed by atoms with E-state index in [4.69, 9.17) is 0 Å². The van der Waals surface area contributed by atoms with Gasteiger partial charge in [-0.15, -0.1) is 11.8 Å². The summed E-state index contributed by atoms with van der Waals surface area (Å²) >= 11 is 0. The van der Waals surface area contributed by atoms with Crippen molar-refractivity contribution in [2.24, 2.45) is 11.3 Å². The van der Waals surface area contributed by atoms with Gasteiger partial charge in [-0.1, -0.05) is 6.92 Å². The topological polar surface area (TPSA) is 17.1 Å². The van der Waals surface area contributed by atoms with Gasteiger partial charge in [-0.3, -0.25) is 0 Å². The maximum absolute atomic E-state index is 11.1. The number of hydrogen-bond donors (Lipinski definition) is 0. The van der Waals surface area contributed by atoms with Crippen LogP contribution in [0.1, 0.15) is 52.4 Å². The van der Waals surface area contributed by atoms with Gasteiger partial charge < -0.3 is 4.79 Å². The normalized spacial score (nSPS) is 31.7. The fourth-order valence-corrected chi connectivity index (χ4v) is 2.20. The Bertz CT molecular complexity index is 236. The molecule has 14 heavy (non-hydrogen) atoms. The van der Waals surface area contributed by atoms with Crippen molar-refractivity contribution in [1.29, 1.82) is 0 Å². The first-order valence-corrected chi connectivity index (χ1v) is 5.58. The molecule has 0 aliphatic heterocycles. The Morgan fingerprint density at radius 3 is 2.57 bits per heavy atom. The summed E-state index contributed by atoms with van der Waals surface area (Å²) in [4.78, 5) is 11.1. The van der Waals surface area contributed by atoms with Gasteiger partial charge in [0.15, 0.2) is 0 Å². The van der Waals surface area contributed by atoms with Gasteiger partial charge in [0.25, 0.3) is 0 Å². The van der Waals surface area contributed by atoms with E-state index in [1.807, 2.05) is 6.92 Å². The van der Waals surface area contributed by atoms with Crippen LogP contribution in [0.2, 0.25) is 0 Å². The fourth-order valence-electron chi connectivity index (χ4n) is 2.20. The zero-order valence-corrected chi connectivity index (χ0v) is 9.31. The van der Waals surface area contributed by atoms with Crippen LogP contribution in [-0.4, -0.2) is 6.29 Å². The molecule has 1 heteroatoms. The van der Waals surface area contributed by atoms with Crippen LogP contribution in [0.5, 0.6) is 0 Å². The van der Waals surface area contributed by atoms with E-state index in [2.05, 4.69) is 18.8 Å². The van der Waals surface area contributed by atoms with Gasteiger partial charge in [0.2, 0.25) is 0 Å². The Morgan fingerprint density at radius 2 is 2.07 bits per heavy atom. The largest absolute Gasteiger partial charge is 0.303 e. The van der Waals surface area contributed by atoms with Crippen LogP contribution in [0, 0.1) is 23.2 Å². The monoisotopic (exact) mass is 192 g/mol. The van der Waals surface area contributed by atoms with Gasteiger partial charge in [0, 0.05) is 11.8 Å². The van der Waals surface area contributed by atoms with Crippen molar-refractivity contribution >= 4 is 6.29 Å². The average molecular weight is 192 g/mol. The summed E-state index contributed by atoms with van der Waals surface area (Å²) in [5.41, 5.74) is -0.0314. The molecule has 0 N–H and O–H groups in total. The minimum atomic E-state index is -0.0314. The number of carbonyl (C=O) groups is 1. The lowest BCUT2D eigenvalue weighted by molar-refractivity contribution is -0.118. The first-order chi connectivity index (χ1) is 6.72. The molecule has 1 aliphatic rings. The third kappa shape index (κ3) is 2.87. The van der Waals surface area contributed by atoms with Crippen molar-refractivity contribution < 1.29 is 4.79 Å². The van der Waals surface area contributed by atoms with Crippen LogP contribution in [0.3, 0.4) is 0 Å². The third-order valence-electron chi connectivity index (χ3n) is 3.44. The van der Waals surface area contributed by atoms with Gasteiger partial charge in [0.05, 0.1) is 0 Å². The first kappa shape index (κ1) is 11.3. The van der Waals surface area contributed by atoms with Crippen molar-refractivity contribution in [2.45, 2.75) is 52.4 Å². The Balaban J connectivity index is 2.48. The van der Waals surface area contributed by atoms with Crippen LogP contribution >= 0.6 is 0 Å². The quantitative estimate of drug-likeness (QED) is 0.496. The predicted octanol–water partition coefficient (Wildman–Crippen LogP) is 3.19. The Labute approximate surface area is 87.3 Å². The summed E-state index contributed by atoms with van der Waals surface area (Å²) in [5.74, 6) is 6.75. The van der Waals surface area contributed by atoms with E-state index in [9.17, 15) is 4.79 Å². The second-order valence-electron chi connectivity index (χ2n) is 4.59. The highest BCUT2D eigenvalue weighted by molar-refractivity contribution is 5.59. The summed E-state index contributed by atoms with van der Waals surface area (Å²) in [5, 5.41) is 0. The SMILES string of the molecule is CC#CCCC1(C=O)CCC(C)CC1. The molecule has 0 heterocycles. The number of aldehydes is 1. The van der Waals surface area contributed by atoms with Crippen molar-refractivity contribution in [3.8, 4) is 11.8 Å². The number of hydrogen-bond acceptors (Lipinski definition) is 1. The van der Waals surface area contributed by atoms with Gasteiger partial charge in [-0.2, -0.15) is 0 Å². The molecule has 1 aliphatic carbocycles. The Kier molecular flexibility index (Phi) is 4.20. The highest BCUT2D eigenvalue weighted by Gasteiger charge is 2.32. The molecule has 1 fully saturated rings. The molecule has 0 atom stereocenters. The second-order valence-corrected chi connectivity index (χ2v) is 4.59. The van der Waals surface area contributed by atoms with Gasteiger partial charge >= 0.3 is 0 Å². The zero-order valence-electron chi connectivity index (χ0n) is 9.31. The van der Waals surface area contributed by atoms with Gasteiger partial charge in [0.1, 0.15) is 6.29 Å². The average Bonchev–Trinajstić information content (AvgIpc) is 2.22. The molecule has 1 rings (SSSR count). The summed E-state index contributed by atoms with van der Waals surface area (Å²) in [6, 6.07) is 0. The standard InChI is InChI=1S/C13H20O/c1-3-4-5-8-13(11-14)9-6-12(2)7-10-13/h11-12H,5-10H2,1-2H3. The third-order valence-corrected chi connectivity index (χ3v) is 3.44. The van der Waals surface area contributed by atoms with E-state index in [0.29, 0.717) is 0 Å². The molecule has 1 saturated carbocycles. The molecule has 0 aromatic carbocycles. The predicted molar refractivity (Wildman–Crippen MR) is 58.8 cm³/mol. The van der Waals surface area contributed by atoms with Crippen LogP contribution in [0.25, 0.3) is 0 Å². The molecule has 0 amide bonds. The Morgan fingerprint density at radius 1 is 1.43 bits per heavy atom. The molecule has 1 nitrogen and oxygen atoms in total. The van der Waals surface area contributed by atoms with E-state index in [1.165, 1.54) is 19.1 Å². The summed E-state index contributed by atoms with van der Waals surface area (Å²) < 4.78 is 0. The maximum Gasteiger partial charge on any atom is 0.126 e. The van der Waals surface area contributed by atoms with Crippen molar-refractivity contribution in [3.63, 3.8) is 0 Å². The number of carbonyl (C=O) groups excluding carboxylic acids is 1. The molecule has 0 aromatic heterocycles. The Hall–Kier alpha value is -0.770. The van der Waals surface area contributed by atoms with Gasteiger partial charge in [-0.05, 0) is 44.9 Å². The lowest BCUT2D eigenvalue weighted by atomic mass is 9.69. The van der Waals surface area contributed by atoms with Crippen LogP contribution in [0.4, 0.5) is 0 Å². The molecule has 0 unspecified atom stereocenters. The smallest absolute Gasteiger partial charge is 0.126 e. The van der Waals surface area contributed by atoms with Crippen molar-refractivity contribution in [1.82, 2.24) is 0 Å².